The summed E-state index contributed by atoms with van der Waals surface area (Å²) in [6.45, 7) is 23.2. The van der Waals surface area contributed by atoms with Gasteiger partial charge in [-0.15, -0.1) is 0 Å². The normalized spacial score (nSPS) is 11.8. The third-order valence-corrected chi connectivity index (χ3v) is 7.33. The van der Waals surface area contributed by atoms with Crippen LogP contribution in [0.1, 0.15) is 101 Å². The van der Waals surface area contributed by atoms with Crippen molar-refractivity contribution < 1.29 is 28.0 Å². The summed E-state index contributed by atoms with van der Waals surface area (Å²) in [5, 5.41) is 9.93. The van der Waals surface area contributed by atoms with Crippen LogP contribution < -0.4 is 4.74 Å². The van der Waals surface area contributed by atoms with E-state index < -0.39 is 14.7 Å². The third kappa shape index (κ3) is 15.3. The number of halogens is 1. The van der Waals surface area contributed by atoms with Crippen molar-refractivity contribution in [2.24, 2.45) is 0 Å². The minimum atomic E-state index is -2.51. The molecule has 0 saturated carbocycles. The topological polar surface area (TPSA) is 82.1 Å². The average Bonchev–Trinajstić information content (AvgIpc) is 2.77. The number of rotatable bonds is 10. The van der Waals surface area contributed by atoms with E-state index in [0.717, 1.165) is 28.0 Å². The zero-order chi connectivity index (χ0) is 30.6. The number of aromatic hydroxyl groups is 1. The number of phenolic OH excluding ortho intramolecular Hbond substituents is 1. The van der Waals surface area contributed by atoms with Crippen LogP contribution in [0.15, 0.2) is 36.4 Å². The standard InChI is InChI=1S/C15H25O3P.C12H18O.C3H8ClO2P/c1-11(2)13-8-7-9-14(12(3)4)15(13)17-10-18-19(5,6)16;1-8(2)10-6-5-7-11(9(3)4)12(10)13;1-7(2,5)6-3-4/h7-9,11-12H,10H2,1-6H3;5-9,13H,1-4H3;3H2,1-2H3. The second-order valence-corrected chi connectivity index (χ2v) is 17.0. The first kappa shape index (κ1) is 37.7. The Morgan fingerprint density at radius 1 is 0.667 bits per heavy atom. The van der Waals surface area contributed by atoms with E-state index in [1.54, 1.807) is 13.3 Å². The van der Waals surface area contributed by atoms with Crippen molar-refractivity contribution in [3.63, 3.8) is 0 Å². The van der Waals surface area contributed by atoms with Crippen molar-refractivity contribution in [3.8, 4) is 11.5 Å². The predicted molar refractivity (Wildman–Crippen MR) is 168 cm³/mol. The maximum Gasteiger partial charge on any atom is 0.200 e. The van der Waals surface area contributed by atoms with Gasteiger partial charge in [0.05, 0.1) is 0 Å². The van der Waals surface area contributed by atoms with Crippen LogP contribution in [0.3, 0.4) is 0 Å². The van der Waals surface area contributed by atoms with Crippen LogP contribution in [-0.2, 0) is 18.2 Å². The van der Waals surface area contributed by atoms with Gasteiger partial charge >= 0.3 is 0 Å². The summed E-state index contributed by atoms with van der Waals surface area (Å²) in [4.78, 5) is 0. The minimum Gasteiger partial charge on any atom is -0.507 e. The van der Waals surface area contributed by atoms with Crippen molar-refractivity contribution in [2.45, 2.75) is 79.1 Å². The van der Waals surface area contributed by atoms with Gasteiger partial charge in [0.2, 0.25) is 0 Å². The Balaban J connectivity index is 0.000000622. The average molecular weight is 605 g/mol. The summed E-state index contributed by atoms with van der Waals surface area (Å²) < 4.78 is 37.6. The van der Waals surface area contributed by atoms with E-state index >= 15 is 0 Å². The lowest BCUT2D eigenvalue weighted by atomic mass is 9.94. The van der Waals surface area contributed by atoms with Gasteiger partial charge in [0.1, 0.15) is 17.6 Å². The number of ether oxygens (including phenoxy) is 1. The summed E-state index contributed by atoms with van der Waals surface area (Å²) in [6.07, 6.45) is 0. The molecule has 0 atom stereocenters. The van der Waals surface area contributed by atoms with Gasteiger partial charge in [-0.3, -0.25) is 13.7 Å². The molecule has 2 aromatic carbocycles. The molecular weight excluding hydrogens is 554 g/mol. The molecule has 0 radical (unpaired) electrons. The minimum absolute atomic E-state index is 0.0181. The van der Waals surface area contributed by atoms with Crippen LogP contribution in [-0.4, -0.2) is 44.6 Å². The highest BCUT2D eigenvalue weighted by Gasteiger charge is 2.16. The summed E-state index contributed by atoms with van der Waals surface area (Å²) in [5.41, 5.74) is 4.42. The molecule has 0 bridgehead atoms. The van der Waals surface area contributed by atoms with Gasteiger partial charge in [-0.1, -0.05) is 103 Å². The van der Waals surface area contributed by atoms with E-state index in [-0.39, 0.29) is 12.9 Å². The maximum atomic E-state index is 11.5. The molecule has 1 N–H and O–H groups in total. The van der Waals surface area contributed by atoms with Crippen molar-refractivity contribution in [1.82, 2.24) is 0 Å². The SMILES string of the molecule is CC(C)c1cccc(C(C)C)c1O.CC(C)c1cccc(C(C)C)c1OCOP(C)(C)=O.CP(C)(=O)OCCl. The van der Waals surface area contributed by atoms with E-state index in [1.807, 2.05) is 18.2 Å². The summed E-state index contributed by atoms with van der Waals surface area (Å²) in [5.74, 6) is 2.89. The fraction of sp³-hybridized carbons (Fsp3) is 0.600. The highest BCUT2D eigenvalue weighted by molar-refractivity contribution is 7.57. The third-order valence-electron chi connectivity index (χ3n) is 5.59. The Bertz CT molecular complexity index is 1030. The molecule has 2 aromatic rings. The molecule has 2 rings (SSSR count). The Kier molecular flexibility index (Phi) is 16.9. The Labute approximate surface area is 242 Å². The van der Waals surface area contributed by atoms with Crippen LogP contribution >= 0.6 is 26.3 Å². The molecule has 0 aliphatic heterocycles. The van der Waals surface area contributed by atoms with Gasteiger partial charge in [-0.05, 0) is 45.9 Å². The molecule has 0 fully saturated rings. The quantitative estimate of drug-likeness (QED) is 0.165. The molecule has 0 saturated heterocycles. The lowest BCUT2D eigenvalue weighted by molar-refractivity contribution is 0.122. The number of para-hydroxylation sites is 2. The van der Waals surface area contributed by atoms with Crippen molar-refractivity contribution in [3.05, 3.63) is 58.7 Å². The van der Waals surface area contributed by atoms with Crippen molar-refractivity contribution >= 4 is 26.3 Å². The largest absolute Gasteiger partial charge is 0.507 e. The van der Waals surface area contributed by atoms with E-state index in [0.29, 0.717) is 29.4 Å². The molecule has 39 heavy (non-hydrogen) atoms. The first-order valence-corrected chi connectivity index (χ1v) is 18.9. The number of alkyl halides is 1. The monoisotopic (exact) mass is 604 g/mol. The molecule has 0 spiro atoms. The summed E-state index contributed by atoms with van der Waals surface area (Å²) in [6, 6.07) is 12.2. The van der Waals surface area contributed by atoms with Crippen LogP contribution in [0, 0.1) is 0 Å². The van der Waals surface area contributed by atoms with E-state index in [4.69, 9.17) is 20.9 Å². The molecule has 0 aliphatic rings. The van der Waals surface area contributed by atoms with Gasteiger partial charge in [-0.2, -0.15) is 0 Å². The Hall–Kier alpha value is -1.29. The molecule has 0 amide bonds. The number of hydrogen-bond donors (Lipinski definition) is 1. The molecule has 0 unspecified atom stereocenters. The van der Waals surface area contributed by atoms with Crippen LogP contribution in [0.4, 0.5) is 0 Å². The lowest BCUT2D eigenvalue weighted by Gasteiger charge is -2.20. The molecular formula is C30H51ClO6P2. The highest BCUT2D eigenvalue weighted by atomic mass is 35.5. The Morgan fingerprint density at radius 2 is 1.00 bits per heavy atom. The molecule has 6 nitrogen and oxygen atoms in total. The zero-order valence-corrected chi connectivity index (χ0v) is 28.5. The molecule has 224 valence electrons. The second-order valence-electron chi connectivity index (χ2n) is 11.3. The van der Waals surface area contributed by atoms with Gasteiger partial charge < -0.3 is 14.4 Å². The fourth-order valence-corrected chi connectivity index (χ4v) is 4.74. The zero-order valence-electron chi connectivity index (χ0n) is 25.9. The highest BCUT2D eigenvalue weighted by Crippen LogP contribution is 2.39. The van der Waals surface area contributed by atoms with E-state index in [2.05, 4.69) is 78.1 Å². The molecule has 0 aliphatic carbocycles. The maximum absolute atomic E-state index is 11.5. The Morgan fingerprint density at radius 3 is 1.26 bits per heavy atom. The fourth-order valence-electron chi connectivity index (χ4n) is 3.49. The van der Waals surface area contributed by atoms with Crippen molar-refractivity contribution in [1.29, 1.82) is 0 Å². The smallest absolute Gasteiger partial charge is 0.200 e. The number of benzene rings is 2. The number of phenols is 1. The first-order chi connectivity index (χ1) is 17.8. The van der Waals surface area contributed by atoms with Crippen molar-refractivity contribution in [2.75, 3.05) is 39.5 Å². The predicted octanol–water partition coefficient (Wildman–Crippen LogP) is 10.2. The van der Waals surface area contributed by atoms with E-state index in [1.165, 1.54) is 13.3 Å². The molecule has 0 heterocycles. The number of hydrogen-bond acceptors (Lipinski definition) is 6. The molecule has 9 heteroatoms. The van der Waals surface area contributed by atoms with Gasteiger partial charge in [-0.25, -0.2) is 0 Å². The van der Waals surface area contributed by atoms with E-state index in [9.17, 15) is 14.2 Å². The van der Waals surface area contributed by atoms with Crippen LogP contribution in [0.5, 0.6) is 11.5 Å². The van der Waals surface area contributed by atoms with Gasteiger partial charge in [0.25, 0.3) is 0 Å². The second kappa shape index (κ2) is 17.5. The summed E-state index contributed by atoms with van der Waals surface area (Å²) in [7, 11) is -4.80. The first-order valence-electron chi connectivity index (χ1n) is 13.3. The van der Waals surface area contributed by atoms with Crippen LogP contribution in [0.2, 0.25) is 0 Å². The van der Waals surface area contributed by atoms with Gasteiger partial charge in [0, 0.05) is 26.7 Å². The molecule has 0 aromatic heterocycles. The van der Waals surface area contributed by atoms with Crippen LogP contribution in [0.25, 0.3) is 0 Å². The van der Waals surface area contributed by atoms with Gasteiger partial charge in [0.15, 0.2) is 21.5 Å². The lowest BCUT2D eigenvalue weighted by Crippen LogP contribution is -2.07. The summed E-state index contributed by atoms with van der Waals surface area (Å²) >= 11 is 5.09.